The molecule has 1 atom stereocenters. The van der Waals surface area contributed by atoms with Gasteiger partial charge in [-0.15, -0.1) is 0 Å². The quantitative estimate of drug-likeness (QED) is 0.904. The molecule has 1 N–H and O–H groups in total. The number of nitrogens with zero attached hydrogens (tertiary/aromatic N) is 2. The molecule has 1 unspecified atom stereocenters. The molecular weight excluding hydrogens is 262 g/mol. The molecule has 0 spiro atoms. The van der Waals surface area contributed by atoms with Crippen LogP contribution in [0.1, 0.15) is 49.7 Å². The highest BCUT2D eigenvalue weighted by Gasteiger charge is 2.28. The van der Waals surface area contributed by atoms with Gasteiger partial charge in [0, 0.05) is 30.9 Å². The number of carbonyl (C=O) groups excluding carboxylic acids is 1. The molecule has 4 heteroatoms. The molecule has 0 bridgehead atoms. The monoisotopic (exact) mass is 289 g/mol. The molecule has 116 valence electrons. The second-order valence-electron chi connectivity index (χ2n) is 6.35. The van der Waals surface area contributed by atoms with Crippen molar-refractivity contribution in [1.82, 2.24) is 9.88 Å². The second kappa shape index (κ2) is 6.92. The van der Waals surface area contributed by atoms with Gasteiger partial charge >= 0.3 is 0 Å². The largest absolute Gasteiger partial charge is 0.370 e. The lowest BCUT2D eigenvalue weighted by molar-refractivity contribution is 0.0784. The van der Waals surface area contributed by atoms with Crippen LogP contribution < -0.4 is 5.32 Å². The van der Waals surface area contributed by atoms with E-state index >= 15 is 0 Å². The maximum absolute atomic E-state index is 12.7. The van der Waals surface area contributed by atoms with Crippen LogP contribution in [0.5, 0.6) is 0 Å². The van der Waals surface area contributed by atoms with Crippen molar-refractivity contribution >= 4 is 11.7 Å². The van der Waals surface area contributed by atoms with E-state index < -0.39 is 0 Å². The summed E-state index contributed by atoms with van der Waals surface area (Å²) in [5.74, 6) is 2.22. The van der Waals surface area contributed by atoms with E-state index in [4.69, 9.17) is 0 Å². The van der Waals surface area contributed by atoms with E-state index in [1.165, 1.54) is 0 Å². The minimum absolute atomic E-state index is 0.142. The highest BCUT2D eigenvalue weighted by atomic mass is 16.2. The topological polar surface area (TPSA) is 45.2 Å². The fourth-order valence-electron chi connectivity index (χ4n) is 2.83. The van der Waals surface area contributed by atoms with Crippen LogP contribution in [0.4, 0.5) is 5.82 Å². The van der Waals surface area contributed by atoms with Crippen LogP contribution in [-0.2, 0) is 0 Å². The molecule has 0 aromatic carbocycles. The van der Waals surface area contributed by atoms with Crippen molar-refractivity contribution in [3.05, 3.63) is 23.4 Å². The Kier molecular flexibility index (Phi) is 5.21. The van der Waals surface area contributed by atoms with Crippen LogP contribution in [0.2, 0.25) is 0 Å². The molecule has 21 heavy (non-hydrogen) atoms. The summed E-state index contributed by atoms with van der Waals surface area (Å²) < 4.78 is 0. The molecule has 1 aromatic rings. The number of nitrogens with one attached hydrogen (secondary N) is 1. The van der Waals surface area contributed by atoms with Crippen molar-refractivity contribution in [1.29, 1.82) is 0 Å². The van der Waals surface area contributed by atoms with E-state index in [0.717, 1.165) is 49.6 Å². The molecule has 2 heterocycles. The fraction of sp³-hybridized carbons (Fsp3) is 0.647. The molecule has 4 nitrogen and oxygen atoms in total. The molecule has 1 saturated heterocycles. The molecule has 1 amide bonds. The van der Waals surface area contributed by atoms with E-state index in [1.54, 1.807) is 0 Å². The van der Waals surface area contributed by atoms with Crippen molar-refractivity contribution in [2.24, 2.45) is 11.8 Å². The van der Waals surface area contributed by atoms with Crippen LogP contribution in [0.15, 0.2) is 12.1 Å². The zero-order chi connectivity index (χ0) is 15.4. The Morgan fingerprint density at radius 2 is 2.24 bits per heavy atom. The summed E-state index contributed by atoms with van der Waals surface area (Å²) in [7, 11) is 0. The van der Waals surface area contributed by atoms with Gasteiger partial charge in [-0.25, -0.2) is 4.98 Å². The van der Waals surface area contributed by atoms with Gasteiger partial charge in [0.2, 0.25) is 0 Å². The number of hydrogen-bond acceptors (Lipinski definition) is 3. The third kappa shape index (κ3) is 3.96. The standard InChI is InChI=1S/C17H27N3O/c1-5-7-18-16-10-15(9-13(4)19-16)17(21)20-8-6-14(11-20)12(2)3/h9-10,12,14H,5-8,11H2,1-4H3,(H,18,19). The number of aryl methyl sites for hydroxylation is 1. The minimum atomic E-state index is 0.142. The number of pyridine rings is 1. The van der Waals surface area contributed by atoms with E-state index in [-0.39, 0.29) is 5.91 Å². The molecule has 0 aliphatic carbocycles. The summed E-state index contributed by atoms with van der Waals surface area (Å²) in [4.78, 5) is 19.1. The summed E-state index contributed by atoms with van der Waals surface area (Å²) in [6.45, 7) is 11.2. The van der Waals surface area contributed by atoms with E-state index in [9.17, 15) is 4.79 Å². The summed E-state index contributed by atoms with van der Waals surface area (Å²) in [5, 5.41) is 3.27. The van der Waals surface area contributed by atoms with E-state index in [2.05, 4.69) is 31.1 Å². The first-order chi connectivity index (χ1) is 10.0. The van der Waals surface area contributed by atoms with Crippen LogP contribution in [0.25, 0.3) is 0 Å². The lowest BCUT2D eigenvalue weighted by atomic mass is 9.95. The van der Waals surface area contributed by atoms with E-state index in [1.807, 2.05) is 24.0 Å². The molecule has 1 aromatic heterocycles. The van der Waals surface area contributed by atoms with Gasteiger partial charge in [-0.2, -0.15) is 0 Å². The lowest BCUT2D eigenvalue weighted by Crippen LogP contribution is -2.29. The smallest absolute Gasteiger partial charge is 0.254 e. The zero-order valence-electron chi connectivity index (χ0n) is 13.6. The number of rotatable bonds is 5. The average molecular weight is 289 g/mol. The highest BCUT2D eigenvalue weighted by Crippen LogP contribution is 2.25. The maximum Gasteiger partial charge on any atom is 0.254 e. The van der Waals surface area contributed by atoms with Crippen molar-refractivity contribution in [2.45, 2.75) is 40.5 Å². The van der Waals surface area contributed by atoms with Gasteiger partial charge in [-0.05, 0) is 43.7 Å². The first kappa shape index (κ1) is 15.8. The SMILES string of the molecule is CCCNc1cc(C(=O)N2CCC(C(C)C)C2)cc(C)n1. The Morgan fingerprint density at radius 1 is 1.48 bits per heavy atom. The van der Waals surface area contributed by atoms with Gasteiger partial charge in [0.15, 0.2) is 0 Å². The maximum atomic E-state index is 12.7. The lowest BCUT2D eigenvalue weighted by Gasteiger charge is -2.19. The number of likely N-dealkylation sites (tertiary alicyclic amines) is 1. The number of anilines is 1. The van der Waals surface area contributed by atoms with Crippen molar-refractivity contribution in [3.8, 4) is 0 Å². The van der Waals surface area contributed by atoms with Gasteiger partial charge in [0.25, 0.3) is 5.91 Å². The molecule has 1 aliphatic rings. The van der Waals surface area contributed by atoms with Gasteiger partial charge in [-0.1, -0.05) is 20.8 Å². The van der Waals surface area contributed by atoms with Gasteiger partial charge in [-0.3, -0.25) is 4.79 Å². The normalized spacial score (nSPS) is 18.3. The van der Waals surface area contributed by atoms with E-state index in [0.29, 0.717) is 11.8 Å². The van der Waals surface area contributed by atoms with Crippen molar-refractivity contribution < 1.29 is 4.79 Å². The summed E-state index contributed by atoms with van der Waals surface area (Å²) >= 11 is 0. The predicted molar refractivity (Wildman–Crippen MR) is 86.6 cm³/mol. The average Bonchev–Trinajstić information content (AvgIpc) is 2.93. The molecule has 1 fully saturated rings. The van der Waals surface area contributed by atoms with Crippen LogP contribution in [0.3, 0.4) is 0 Å². The second-order valence-corrected chi connectivity index (χ2v) is 6.35. The first-order valence-corrected chi connectivity index (χ1v) is 8.03. The Labute approximate surface area is 127 Å². The van der Waals surface area contributed by atoms with Crippen molar-refractivity contribution in [2.75, 3.05) is 25.0 Å². The molecule has 0 radical (unpaired) electrons. The Balaban J connectivity index is 2.10. The van der Waals surface area contributed by atoms with Crippen LogP contribution >= 0.6 is 0 Å². The summed E-state index contributed by atoms with van der Waals surface area (Å²) in [6.07, 6.45) is 2.16. The van der Waals surface area contributed by atoms with Gasteiger partial charge < -0.3 is 10.2 Å². The third-order valence-corrected chi connectivity index (χ3v) is 4.21. The predicted octanol–water partition coefficient (Wildman–Crippen LogP) is 3.33. The van der Waals surface area contributed by atoms with Crippen LogP contribution in [-0.4, -0.2) is 35.4 Å². The highest BCUT2D eigenvalue weighted by molar-refractivity contribution is 5.95. The molecular formula is C17H27N3O. The fourth-order valence-corrected chi connectivity index (χ4v) is 2.83. The summed E-state index contributed by atoms with van der Waals surface area (Å²) in [6, 6.07) is 3.77. The first-order valence-electron chi connectivity index (χ1n) is 8.03. The molecule has 1 aliphatic heterocycles. The minimum Gasteiger partial charge on any atom is -0.370 e. The zero-order valence-corrected chi connectivity index (χ0v) is 13.6. The number of aromatic nitrogens is 1. The number of hydrogen-bond donors (Lipinski definition) is 1. The van der Waals surface area contributed by atoms with Crippen LogP contribution in [0, 0.1) is 18.8 Å². The Morgan fingerprint density at radius 3 is 2.86 bits per heavy atom. The Bertz CT molecular complexity index is 499. The Hall–Kier alpha value is -1.58. The summed E-state index contributed by atoms with van der Waals surface area (Å²) in [5.41, 5.74) is 1.64. The number of amides is 1. The number of carbonyl (C=O) groups is 1. The van der Waals surface area contributed by atoms with Gasteiger partial charge in [0.1, 0.15) is 5.82 Å². The molecule has 0 saturated carbocycles. The van der Waals surface area contributed by atoms with Crippen molar-refractivity contribution in [3.63, 3.8) is 0 Å². The molecule has 2 rings (SSSR count). The third-order valence-electron chi connectivity index (χ3n) is 4.21. The van der Waals surface area contributed by atoms with Gasteiger partial charge in [0.05, 0.1) is 0 Å².